The summed E-state index contributed by atoms with van der Waals surface area (Å²) >= 11 is 0. The maximum Gasteiger partial charge on any atom is 0.241 e. The number of likely N-dealkylation sites (tertiary alicyclic amines) is 1. The maximum atomic E-state index is 12.7. The highest BCUT2D eigenvalue weighted by Gasteiger charge is 2.26. The summed E-state index contributed by atoms with van der Waals surface area (Å²) in [6, 6.07) is 13.6. The first-order valence-electron chi connectivity index (χ1n) is 11.3. The molecule has 3 aromatic rings. The molecule has 1 amide bonds. The van der Waals surface area contributed by atoms with Crippen LogP contribution in [0.2, 0.25) is 0 Å². The van der Waals surface area contributed by atoms with Crippen LogP contribution in [0, 0.1) is 5.92 Å². The molecule has 8 heteroatoms. The van der Waals surface area contributed by atoms with E-state index in [2.05, 4.69) is 39.4 Å². The lowest BCUT2D eigenvalue weighted by Gasteiger charge is -2.30. The minimum Gasteiger partial charge on any atom is -0.493 e. The normalized spacial score (nSPS) is 14.8. The summed E-state index contributed by atoms with van der Waals surface area (Å²) in [7, 11) is 3.19. The van der Waals surface area contributed by atoms with E-state index in [-0.39, 0.29) is 11.8 Å². The first-order valence-corrected chi connectivity index (χ1v) is 11.3. The fourth-order valence-electron chi connectivity index (χ4n) is 4.02. The molecular formula is C25H30N4O4. The Hall–Kier alpha value is -3.39. The zero-order chi connectivity index (χ0) is 23.2. The molecule has 174 valence electrons. The lowest BCUT2D eigenvalue weighted by atomic mass is 9.96. The van der Waals surface area contributed by atoms with Crippen molar-refractivity contribution in [3.8, 4) is 22.9 Å². The van der Waals surface area contributed by atoms with Crippen molar-refractivity contribution < 1.29 is 18.8 Å². The van der Waals surface area contributed by atoms with Crippen molar-refractivity contribution in [2.24, 2.45) is 5.92 Å². The number of nitrogens with zero attached hydrogens (tertiary/aromatic N) is 3. The van der Waals surface area contributed by atoms with Gasteiger partial charge in [0.1, 0.15) is 0 Å². The smallest absolute Gasteiger partial charge is 0.241 e. The number of benzene rings is 2. The fraction of sp³-hybridized carbons (Fsp3) is 0.400. The van der Waals surface area contributed by atoms with E-state index >= 15 is 0 Å². The van der Waals surface area contributed by atoms with Gasteiger partial charge in [-0.15, -0.1) is 0 Å². The number of piperidine rings is 1. The number of anilines is 1. The molecule has 2 heterocycles. The van der Waals surface area contributed by atoms with Crippen molar-refractivity contribution in [3.63, 3.8) is 0 Å². The second-order valence-corrected chi connectivity index (χ2v) is 8.17. The number of methoxy groups -OCH3 is 2. The summed E-state index contributed by atoms with van der Waals surface area (Å²) in [5.41, 5.74) is 2.91. The van der Waals surface area contributed by atoms with Crippen LogP contribution in [0.1, 0.15) is 31.2 Å². The molecule has 1 fully saturated rings. The largest absolute Gasteiger partial charge is 0.493 e. The molecule has 8 nitrogen and oxygen atoms in total. The van der Waals surface area contributed by atoms with Gasteiger partial charge in [0, 0.05) is 17.2 Å². The molecule has 1 saturated heterocycles. The Balaban J connectivity index is 1.29. The van der Waals surface area contributed by atoms with Crippen molar-refractivity contribution in [1.29, 1.82) is 0 Å². The van der Waals surface area contributed by atoms with Crippen LogP contribution in [0.25, 0.3) is 11.4 Å². The monoisotopic (exact) mass is 450 g/mol. The molecule has 2 aromatic carbocycles. The molecule has 1 aromatic heterocycles. The Bertz CT molecular complexity index is 1070. The summed E-state index contributed by atoms with van der Waals surface area (Å²) in [5, 5.41) is 7.16. The van der Waals surface area contributed by atoms with Gasteiger partial charge >= 0.3 is 0 Å². The van der Waals surface area contributed by atoms with Gasteiger partial charge in [0.2, 0.25) is 17.6 Å². The highest BCUT2D eigenvalue weighted by molar-refractivity contribution is 5.92. The Labute approximate surface area is 193 Å². The zero-order valence-corrected chi connectivity index (χ0v) is 19.3. The molecule has 0 unspecified atom stereocenters. The number of amides is 1. The average Bonchev–Trinajstić information content (AvgIpc) is 3.33. The molecule has 0 aliphatic carbocycles. The number of ether oxygens (including phenoxy) is 2. The fourth-order valence-corrected chi connectivity index (χ4v) is 4.02. The summed E-state index contributed by atoms with van der Waals surface area (Å²) in [6.07, 6.45) is 2.59. The lowest BCUT2D eigenvalue weighted by molar-refractivity contribution is -0.121. The number of hydrogen-bond donors (Lipinski definition) is 1. The summed E-state index contributed by atoms with van der Waals surface area (Å²) in [5.74, 6) is 2.43. The Morgan fingerprint density at radius 3 is 2.48 bits per heavy atom. The number of aryl methyl sites for hydroxylation is 1. The molecule has 33 heavy (non-hydrogen) atoms. The van der Waals surface area contributed by atoms with Crippen LogP contribution < -0.4 is 14.8 Å². The van der Waals surface area contributed by atoms with Crippen LogP contribution in [0.3, 0.4) is 0 Å². The lowest BCUT2D eigenvalue weighted by Crippen LogP contribution is -2.37. The predicted octanol–water partition coefficient (Wildman–Crippen LogP) is 4.17. The van der Waals surface area contributed by atoms with Crippen LogP contribution in [0.15, 0.2) is 47.0 Å². The summed E-state index contributed by atoms with van der Waals surface area (Å²) < 4.78 is 16.1. The SMILES string of the molecule is CCc1ccc(NC(=O)C2CCN(Cc3nc(-c4ccc(OC)c(OC)c4)no3)CC2)cc1. The Morgan fingerprint density at radius 2 is 1.82 bits per heavy atom. The number of hydrogen-bond acceptors (Lipinski definition) is 7. The number of rotatable bonds is 8. The van der Waals surface area contributed by atoms with Gasteiger partial charge in [0.15, 0.2) is 11.5 Å². The first-order chi connectivity index (χ1) is 16.1. The van der Waals surface area contributed by atoms with Crippen molar-refractivity contribution in [2.45, 2.75) is 32.7 Å². The minimum absolute atomic E-state index is 0.0112. The number of carbonyl (C=O) groups is 1. The standard InChI is InChI=1S/C25H30N4O4/c1-4-17-5-8-20(9-6-17)26-25(30)18-11-13-29(14-12-18)16-23-27-24(28-33-23)19-7-10-21(31-2)22(15-19)32-3/h5-10,15,18H,4,11-14,16H2,1-3H3,(H,26,30). The van der Waals surface area contributed by atoms with E-state index in [0.29, 0.717) is 29.8 Å². The second kappa shape index (κ2) is 10.5. The Morgan fingerprint density at radius 1 is 1.09 bits per heavy atom. The molecule has 1 aliphatic rings. The van der Waals surface area contributed by atoms with Gasteiger partial charge in [-0.3, -0.25) is 9.69 Å². The third kappa shape index (κ3) is 5.51. The molecule has 0 saturated carbocycles. The molecule has 1 aliphatic heterocycles. The quantitative estimate of drug-likeness (QED) is 0.551. The van der Waals surface area contributed by atoms with Crippen molar-refractivity contribution >= 4 is 11.6 Å². The zero-order valence-electron chi connectivity index (χ0n) is 19.3. The molecule has 4 rings (SSSR count). The molecule has 0 radical (unpaired) electrons. The molecule has 0 spiro atoms. The second-order valence-electron chi connectivity index (χ2n) is 8.17. The van der Waals surface area contributed by atoms with E-state index in [1.165, 1.54) is 5.56 Å². The van der Waals surface area contributed by atoms with E-state index in [0.717, 1.165) is 43.6 Å². The van der Waals surface area contributed by atoms with E-state index in [1.807, 2.05) is 30.3 Å². The molecule has 0 atom stereocenters. The maximum absolute atomic E-state index is 12.7. The molecule has 1 N–H and O–H groups in total. The number of carbonyl (C=O) groups excluding carboxylic acids is 1. The van der Waals surface area contributed by atoms with E-state index in [1.54, 1.807) is 14.2 Å². The highest BCUT2D eigenvalue weighted by atomic mass is 16.5. The van der Waals surface area contributed by atoms with Gasteiger partial charge in [0.25, 0.3) is 0 Å². The van der Waals surface area contributed by atoms with Gasteiger partial charge in [-0.1, -0.05) is 24.2 Å². The third-order valence-electron chi connectivity index (χ3n) is 6.06. The number of aromatic nitrogens is 2. The molecular weight excluding hydrogens is 420 g/mol. The van der Waals surface area contributed by atoms with Crippen LogP contribution in [-0.4, -0.2) is 48.3 Å². The van der Waals surface area contributed by atoms with Gasteiger partial charge in [-0.25, -0.2) is 0 Å². The topological polar surface area (TPSA) is 89.7 Å². The molecule has 0 bridgehead atoms. The van der Waals surface area contributed by atoms with Crippen molar-refractivity contribution in [2.75, 3.05) is 32.6 Å². The first kappa shape index (κ1) is 22.8. The van der Waals surface area contributed by atoms with Gasteiger partial charge in [0.05, 0.1) is 20.8 Å². The van der Waals surface area contributed by atoms with Crippen molar-refractivity contribution in [3.05, 3.63) is 53.9 Å². The van der Waals surface area contributed by atoms with Gasteiger partial charge < -0.3 is 19.3 Å². The van der Waals surface area contributed by atoms with Crippen LogP contribution in [0.4, 0.5) is 5.69 Å². The highest BCUT2D eigenvalue weighted by Crippen LogP contribution is 2.31. The van der Waals surface area contributed by atoms with Crippen molar-refractivity contribution in [1.82, 2.24) is 15.0 Å². The van der Waals surface area contributed by atoms with Gasteiger partial charge in [-0.05, 0) is 68.2 Å². The predicted molar refractivity (Wildman–Crippen MR) is 125 cm³/mol. The van der Waals surface area contributed by atoms with E-state index < -0.39 is 0 Å². The van der Waals surface area contributed by atoms with Crippen LogP contribution in [-0.2, 0) is 17.8 Å². The van der Waals surface area contributed by atoms with E-state index in [4.69, 9.17) is 14.0 Å². The average molecular weight is 451 g/mol. The minimum atomic E-state index is 0.0112. The van der Waals surface area contributed by atoms with Crippen LogP contribution in [0.5, 0.6) is 11.5 Å². The summed E-state index contributed by atoms with van der Waals surface area (Å²) in [6.45, 7) is 4.29. The van der Waals surface area contributed by atoms with E-state index in [9.17, 15) is 4.79 Å². The number of nitrogens with one attached hydrogen (secondary N) is 1. The summed E-state index contributed by atoms with van der Waals surface area (Å²) in [4.78, 5) is 19.4. The van der Waals surface area contributed by atoms with Crippen LogP contribution >= 0.6 is 0 Å². The third-order valence-corrected chi connectivity index (χ3v) is 6.06. The van der Waals surface area contributed by atoms with Gasteiger partial charge in [-0.2, -0.15) is 4.98 Å². The Kier molecular flexibility index (Phi) is 7.24.